The van der Waals surface area contributed by atoms with Crippen LogP contribution in [0.15, 0.2) is 40.7 Å². The molecule has 0 saturated carbocycles. The highest BCUT2D eigenvalue weighted by molar-refractivity contribution is 7.89. The molecule has 1 aromatic carbocycles. The molecule has 5 nitrogen and oxygen atoms in total. The van der Waals surface area contributed by atoms with E-state index in [-0.39, 0.29) is 17.2 Å². The van der Waals surface area contributed by atoms with E-state index >= 15 is 0 Å². The number of rotatable bonds is 6. The van der Waals surface area contributed by atoms with Crippen LogP contribution in [0.1, 0.15) is 23.4 Å². The number of nitrogens with one attached hydrogen (secondary N) is 1. The largest absolute Gasteiger partial charge is 0.249 e. The molecule has 1 heterocycles. The van der Waals surface area contributed by atoms with Crippen LogP contribution in [0.3, 0.4) is 0 Å². The van der Waals surface area contributed by atoms with E-state index in [4.69, 9.17) is 5.26 Å². The van der Waals surface area contributed by atoms with E-state index in [1.165, 1.54) is 23.5 Å². The van der Waals surface area contributed by atoms with Crippen LogP contribution in [0.5, 0.6) is 0 Å². The lowest BCUT2D eigenvalue weighted by atomic mass is 10.2. The number of hydrogen-bond donors (Lipinski definition) is 1. The summed E-state index contributed by atoms with van der Waals surface area (Å²) in [5.41, 5.74) is 0.799. The SMILES string of the molecule is CC(CNS(=O)(=O)c1ccc(CC#N)cc1)c1nccs1. The number of thiazole rings is 1. The normalized spacial score (nSPS) is 12.8. The van der Waals surface area contributed by atoms with Gasteiger partial charge in [0.15, 0.2) is 0 Å². The zero-order valence-electron chi connectivity index (χ0n) is 11.5. The molecule has 0 bridgehead atoms. The first kappa shape index (κ1) is 15.6. The molecule has 1 atom stereocenters. The molecule has 1 N–H and O–H groups in total. The summed E-state index contributed by atoms with van der Waals surface area (Å²) in [6, 6.07) is 8.37. The van der Waals surface area contributed by atoms with Crippen molar-refractivity contribution in [2.24, 2.45) is 0 Å². The summed E-state index contributed by atoms with van der Waals surface area (Å²) in [4.78, 5) is 4.38. The third-order valence-corrected chi connectivity index (χ3v) is 5.42. The summed E-state index contributed by atoms with van der Waals surface area (Å²) < 4.78 is 27.0. The van der Waals surface area contributed by atoms with Crippen molar-refractivity contribution in [2.45, 2.75) is 24.2 Å². The van der Waals surface area contributed by atoms with E-state index in [0.717, 1.165) is 10.6 Å². The number of hydrogen-bond acceptors (Lipinski definition) is 5. The van der Waals surface area contributed by atoms with E-state index in [2.05, 4.69) is 9.71 Å². The molecule has 2 aromatic rings. The van der Waals surface area contributed by atoms with Gasteiger partial charge in [0, 0.05) is 24.0 Å². The Morgan fingerprint density at radius 1 is 1.38 bits per heavy atom. The fourth-order valence-corrected chi connectivity index (χ4v) is 3.59. The minimum atomic E-state index is -3.53. The van der Waals surface area contributed by atoms with Crippen LogP contribution < -0.4 is 4.72 Å². The van der Waals surface area contributed by atoms with Crippen molar-refractivity contribution in [3.8, 4) is 6.07 Å². The minimum absolute atomic E-state index is 0.0256. The van der Waals surface area contributed by atoms with Gasteiger partial charge in [-0.2, -0.15) is 5.26 Å². The van der Waals surface area contributed by atoms with Crippen LogP contribution in [0.2, 0.25) is 0 Å². The first-order valence-corrected chi connectivity index (χ1v) is 8.74. The summed E-state index contributed by atoms with van der Waals surface area (Å²) in [6.07, 6.45) is 1.98. The number of sulfonamides is 1. The maximum atomic E-state index is 12.2. The van der Waals surface area contributed by atoms with Gasteiger partial charge in [-0.05, 0) is 17.7 Å². The van der Waals surface area contributed by atoms with Crippen LogP contribution in [0.4, 0.5) is 0 Å². The van der Waals surface area contributed by atoms with Crippen LogP contribution in [0.25, 0.3) is 0 Å². The highest BCUT2D eigenvalue weighted by Gasteiger charge is 2.16. The highest BCUT2D eigenvalue weighted by atomic mass is 32.2. The van der Waals surface area contributed by atoms with E-state index < -0.39 is 10.0 Å². The first-order valence-electron chi connectivity index (χ1n) is 6.38. The van der Waals surface area contributed by atoms with Crippen LogP contribution in [-0.4, -0.2) is 19.9 Å². The van der Waals surface area contributed by atoms with E-state index in [1.807, 2.05) is 18.4 Å². The number of nitrogens with zero attached hydrogens (tertiary/aromatic N) is 2. The number of nitriles is 1. The molecule has 0 spiro atoms. The van der Waals surface area contributed by atoms with E-state index in [1.54, 1.807) is 18.3 Å². The van der Waals surface area contributed by atoms with E-state index in [9.17, 15) is 8.42 Å². The molecular formula is C14H15N3O2S2. The molecule has 7 heteroatoms. The summed E-state index contributed by atoms with van der Waals surface area (Å²) in [5.74, 6) is 0.0256. The summed E-state index contributed by atoms with van der Waals surface area (Å²) in [6.45, 7) is 2.23. The van der Waals surface area contributed by atoms with Gasteiger partial charge in [-0.15, -0.1) is 11.3 Å². The Kier molecular flexibility index (Phi) is 5.07. The molecule has 0 amide bonds. The Morgan fingerprint density at radius 3 is 2.67 bits per heavy atom. The Labute approximate surface area is 128 Å². The van der Waals surface area contributed by atoms with Crippen molar-refractivity contribution in [3.05, 3.63) is 46.4 Å². The average Bonchev–Trinajstić information content (AvgIpc) is 3.00. The van der Waals surface area contributed by atoms with Crippen molar-refractivity contribution < 1.29 is 8.42 Å². The topological polar surface area (TPSA) is 82.9 Å². The molecule has 110 valence electrons. The molecule has 0 aliphatic carbocycles. The highest BCUT2D eigenvalue weighted by Crippen LogP contribution is 2.18. The van der Waals surface area contributed by atoms with Crippen molar-refractivity contribution in [1.82, 2.24) is 9.71 Å². The molecule has 0 radical (unpaired) electrons. The van der Waals surface area contributed by atoms with Crippen LogP contribution in [-0.2, 0) is 16.4 Å². The van der Waals surface area contributed by atoms with E-state index in [0.29, 0.717) is 6.54 Å². The predicted molar refractivity (Wildman–Crippen MR) is 81.5 cm³/mol. The minimum Gasteiger partial charge on any atom is -0.249 e. The lowest BCUT2D eigenvalue weighted by Crippen LogP contribution is -2.27. The average molecular weight is 321 g/mol. The second kappa shape index (κ2) is 6.80. The summed E-state index contributed by atoms with van der Waals surface area (Å²) >= 11 is 1.51. The molecule has 21 heavy (non-hydrogen) atoms. The molecule has 1 aromatic heterocycles. The number of aromatic nitrogens is 1. The Balaban J connectivity index is 2.03. The Bertz CT molecular complexity index is 717. The fraction of sp³-hybridized carbons (Fsp3) is 0.286. The fourth-order valence-electron chi connectivity index (χ4n) is 1.76. The van der Waals surface area contributed by atoms with Gasteiger partial charge in [-0.3, -0.25) is 0 Å². The molecule has 0 aliphatic heterocycles. The number of benzene rings is 1. The second-order valence-electron chi connectivity index (χ2n) is 4.60. The molecule has 0 aliphatic rings. The summed E-state index contributed by atoms with van der Waals surface area (Å²) in [5, 5.41) is 11.4. The third-order valence-electron chi connectivity index (χ3n) is 2.97. The lowest BCUT2D eigenvalue weighted by Gasteiger charge is -2.11. The lowest BCUT2D eigenvalue weighted by molar-refractivity contribution is 0.574. The molecule has 1 unspecified atom stereocenters. The Hall–Kier alpha value is -1.75. The van der Waals surface area contributed by atoms with Gasteiger partial charge in [0.25, 0.3) is 0 Å². The Morgan fingerprint density at radius 2 is 2.10 bits per heavy atom. The first-order chi connectivity index (χ1) is 10.0. The van der Waals surface area contributed by atoms with Crippen molar-refractivity contribution in [3.63, 3.8) is 0 Å². The van der Waals surface area contributed by atoms with Crippen molar-refractivity contribution in [2.75, 3.05) is 6.54 Å². The van der Waals surface area contributed by atoms with Gasteiger partial charge in [0.2, 0.25) is 10.0 Å². The maximum absolute atomic E-state index is 12.2. The van der Waals surface area contributed by atoms with Crippen molar-refractivity contribution in [1.29, 1.82) is 5.26 Å². The van der Waals surface area contributed by atoms with Crippen molar-refractivity contribution >= 4 is 21.4 Å². The predicted octanol–water partition coefficient (Wildman–Crippen LogP) is 2.29. The zero-order valence-corrected chi connectivity index (χ0v) is 13.1. The molecular weight excluding hydrogens is 306 g/mol. The maximum Gasteiger partial charge on any atom is 0.240 e. The second-order valence-corrected chi connectivity index (χ2v) is 7.30. The monoisotopic (exact) mass is 321 g/mol. The van der Waals surface area contributed by atoms with Gasteiger partial charge in [0.05, 0.1) is 22.4 Å². The van der Waals surface area contributed by atoms with Gasteiger partial charge in [-0.1, -0.05) is 19.1 Å². The zero-order chi connectivity index (χ0) is 15.3. The van der Waals surface area contributed by atoms with Gasteiger partial charge >= 0.3 is 0 Å². The van der Waals surface area contributed by atoms with Gasteiger partial charge in [-0.25, -0.2) is 18.1 Å². The molecule has 2 rings (SSSR count). The standard InChI is InChI=1S/C14H15N3O2S2/c1-11(14-16-8-9-20-14)10-17-21(18,19)13-4-2-12(3-5-13)6-7-15/h2-5,8-9,11,17H,6,10H2,1H3. The van der Waals surface area contributed by atoms with Gasteiger partial charge < -0.3 is 0 Å². The third kappa shape index (κ3) is 4.11. The smallest absolute Gasteiger partial charge is 0.240 e. The summed E-state index contributed by atoms with van der Waals surface area (Å²) in [7, 11) is -3.53. The molecule has 0 saturated heterocycles. The quantitative estimate of drug-likeness (QED) is 0.885. The molecule has 0 fully saturated rings. The van der Waals surface area contributed by atoms with Crippen LogP contribution in [0, 0.1) is 11.3 Å². The van der Waals surface area contributed by atoms with Gasteiger partial charge in [0.1, 0.15) is 0 Å². The van der Waals surface area contributed by atoms with Crippen LogP contribution >= 0.6 is 11.3 Å².